The fraction of sp³-hybridized carbons (Fsp3) is 0.462. The quantitative estimate of drug-likeness (QED) is 0.774. The Hall–Kier alpha value is -1.04. The molecule has 1 aromatic rings. The zero-order valence-corrected chi connectivity index (χ0v) is 11.4. The van der Waals surface area contributed by atoms with Crippen LogP contribution in [0.2, 0.25) is 0 Å². The molecule has 2 rings (SSSR count). The van der Waals surface area contributed by atoms with Crippen molar-refractivity contribution >= 4 is 23.4 Å². The van der Waals surface area contributed by atoms with Crippen LogP contribution in [0, 0.1) is 0 Å². The molecule has 1 heterocycles. The van der Waals surface area contributed by atoms with Crippen LogP contribution >= 0.6 is 11.8 Å². The van der Waals surface area contributed by atoms with Crippen LogP contribution in [-0.2, 0) is 11.3 Å². The second-order valence-electron chi connectivity index (χ2n) is 4.54. The third-order valence-electron chi connectivity index (χ3n) is 2.90. The topological polar surface area (TPSA) is 61.4 Å². The Bertz CT molecular complexity index is 451. The van der Waals surface area contributed by atoms with Gasteiger partial charge in [0.05, 0.1) is 17.5 Å². The summed E-state index contributed by atoms with van der Waals surface area (Å²) in [7, 11) is 0. The molecule has 0 saturated carbocycles. The minimum absolute atomic E-state index is 0.0316. The van der Waals surface area contributed by atoms with Crippen molar-refractivity contribution in [3.63, 3.8) is 0 Å². The van der Waals surface area contributed by atoms with Gasteiger partial charge in [-0.1, -0.05) is 6.07 Å². The summed E-state index contributed by atoms with van der Waals surface area (Å²) in [4.78, 5) is 12.7. The molecule has 0 aliphatic carbocycles. The lowest BCUT2D eigenvalue weighted by atomic mass is 10.2. The molecule has 0 saturated heterocycles. The first-order valence-electron chi connectivity index (χ1n) is 6.05. The Morgan fingerprint density at radius 1 is 1.56 bits per heavy atom. The Morgan fingerprint density at radius 2 is 2.33 bits per heavy atom. The van der Waals surface area contributed by atoms with E-state index in [1.807, 2.05) is 32.0 Å². The van der Waals surface area contributed by atoms with Crippen molar-refractivity contribution < 1.29 is 9.90 Å². The average molecular weight is 266 g/mol. The molecule has 98 valence electrons. The third kappa shape index (κ3) is 3.04. The number of aliphatic hydroxyl groups excluding tert-OH is 1. The molecule has 4 nitrogen and oxygen atoms in total. The molecule has 2 atom stereocenters. The van der Waals surface area contributed by atoms with E-state index in [1.54, 1.807) is 11.8 Å². The molecular formula is C13H18N2O2S. The summed E-state index contributed by atoms with van der Waals surface area (Å²) in [5.74, 6) is 0.0568. The fourth-order valence-electron chi connectivity index (χ4n) is 1.72. The largest absolute Gasteiger partial charge is 0.395 e. The van der Waals surface area contributed by atoms with Gasteiger partial charge in [-0.2, -0.15) is 0 Å². The molecule has 0 bridgehead atoms. The van der Waals surface area contributed by atoms with Gasteiger partial charge in [-0.15, -0.1) is 11.8 Å². The van der Waals surface area contributed by atoms with E-state index in [9.17, 15) is 4.79 Å². The van der Waals surface area contributed by atoms with Crippen LogP contribution in [0.15, 0.2) is 23.1 Å². The van der Waals surface area contributed by atoms with E-state index >= 15 is 0 Å². The second kappa shape index (κ2) is 5.73. The molecule has 1 amide bonds. The first-order chi connectivity index (χ1) is 8.60. The number of aliphatic hydroxyl groups is 1. The monoisotopic (exact) mass is 266 g/mol. The maximum Gasteiger partial charge on any atom is 0.237 e. The van der Waals surface area contributed by atoms with Crippen molar-refractivity contribution in [3.8, 4) is 0 Å². The fourth-order valence-corrected chi connectivity index (χ4v) is 2.65. The van der Waals surface area contributed by atoms with Gasteiger partial charge >= 0.3 is 0 Å². The molecule has 0 spiro atoms. The first kappa shape index (κ1) is 13.4. The summed E-state index contributed by atoms with van der Waals surface area (Å²) < 4.78 is 0. The Labute approximate surface area is 111 Å². The first-order valence-corrected chi connectivity index (χ1v) is 6.93. The molecule has 5 heteroatoms. The molecule has 3 N–H and O–H groups in total. The highest BCUT2D eigenvalue weighted by molar-refractivity contribution is 8.00. The highest BCUT2D eigenvalue weighted by Gasteiger charge is 2.22. The molecule has 18 heavy (non-hydrogen) atoms. The number of hydrogen-bond acceptors (Lipinski definition) is 4. The zero-order valence-electron chi connectivity index (χ0n) is 10.6. The van der Waals surface area contributed by atoms with E-state index in [4.69, 9.17) is 5.11 Å². The maximum absolute atomic E-state index is 11.6. The minimum Gasteiger partial charge on any atom is -0.395 e. The van der Waals surface area contributed by atoms with Crippen molar-refractivity contribution in [2.45, 2.75) is 36.6 Å². The number of amides is 1. The summed E-state index contributed by atoms with van der Waals surface area (Å²) in [6.45, 7) is 4.64. The van der Waals surface area contributed by atoms with Crippen molar-refractivity contribution in [2.24, 2.45) is 0 Å². The van der Waals surface area contributed by atoms with Crippen LogP contribution in [-0.4, -0.2) is 28.9 Å². The van der Waals surface area contributed by atoms with Crippen molar-refractivity contribution in [1.82, 2.24) is 5.32 Å². The van der Waals surface area contributed by atoms with Crippen LogP contribution in [0.4, 0.5) is 5.69 Å². The molecule has 1 aromatic carbocycles. The van der Waals surface area contributed by atoms with Gasteiger partial charge in [-0.05, 0) is 31.5 Å². The van der Waals surface area contributed by atoms with Gasteiger partial charge < -0.3 is 15.7 Å². The molecule has 1 aliphatic heterocycles. The number of thioether (sulfide) groups is 1. The molecule has 0 radical (unpaired) electrons. The van der Waals surface area contributed by atoms with Crippen LogP contribution < -0.4 is 10.6 Å². The van der Waals surface area contributed by atoms with Crippen LogP contribution in [0.1, 0.15) is 19.4 Å². The van der Waals surface area contributed by atoms with E-state index in [0.717, 1.165) is 16.1 Å². The van der Waals surface area contributed by atoms with E-state index < -0.39 is 0 Å². The van der Waals surface area contributed by atoms with E-state index in [1.165, 1.54) is 0 Å². The van der Waals surface area contributed by atoms with Gasteiger partial charge in [-0.3, -0.25) is 4.79 Å². The molecule has 0 fully saturated rings. The average Bonchev–Trinajstić information content (AvgIpc) is 2.37. The van der Waals surface area contributed by atoms with Crippen LogP contribution in [0.25, 0.3) is 0 Å². The van der Waals surface area contributed by atoms with Crippen LogP contribution in [0.5, 0.6) is 0 Å². The Morgan fingerprint density at radius 3 is 3.06 bits per heavy atom. The summed E-state index contributed by atoms with van der Waals surface area (Å²) in [5, 5.41) is 15.0. The van der Waals surface area contributed by atoms with Gasteiger partial charge in [0.15, 0.2) is 0 Å². The lowest BCUT2D eigenvalue weighted by Crippen LogP contribution is -2.29. The third-order valence-corrected chi connectivity index (χ3v) is 4.08. The number of carbonyl (C=O) groups is 1. The Balaban J connectivity index is 2.08. The van der Waals surface area contributed by atoms with Gasteiger partial charge in [0.2, 0.25) is 5.91 Å². The lowest BCUT2D eigenvalue weighted by molar-refractivity contribution is -0.115. The minimum atomic E-state index is -0.0316. The van der Waals surface area contributed by atoms with Gasteiger partial charge in [-0.25, -0.2) is 0 Å². The van der Waals surface area contributed by atoms with E-state index in [-0.39, 0.29) is 23.8 Å². The lowest BCUT2D eigenvalue weighted by Gasteiger charge is -2.22. The number of benzene rings is 1. The standard InChI is InChI=1S/C13H18N2O2S/c1-8(7-16)14-6-10-3-4-12-11(5-10)15-13(17)9(2)18-12/h3-5,8-9,14,16H,6-7H2,1-2H3,(H,15,17). The summed E-state index contributed by atoms with van der Waals surface area (Å²) in [6, 6.07) is 6.15. The second-order valence-corrected chi connectivity index (χ2v) is 5.93. The van der Waals surface area contributed by atoms with Gasteiger partial charge in [0.1, 0.15) is 0 Å². The van der Waals surface area contributed by atoms with E-state index in [2.05, 4.69) is 10.6 Å². The Kier molecular flexibility index (Phi) is 4.27. The van der Waals surface area contributed by atoms with E-state index in [0.29, 0.717) is 6.54 Å². The number of nitrogens with one attached hydrogen (secondary N) is 2. The number of fused-ring (bicyclic) bond motifs is 1. The summed E-state index contributed by atoms with van der Waals surface area (Å²) >= 11 is 1.59. The highest BCUT2D eigenvalue weighted by Crippen LogP contribution is 2.35. The molecule has 1 aliphatic rings. The van der Waals surface area contributed by atoms with Gasteiger partial charge in [0, 0.05) is 17.5 Å². The van der Waals surface area contributed by atoms with Gasteiger partial charge in [0.25, 0.3) is 0 Å². The highest BCUT2D eigenvalue weighted by atomic mass is 32.2. The number of anilines is 1. The van der Waals surface area contributed by atoms with Crippen LogP contribution in [0.3, 0.4) is 0 Å². The predicted molar refractivity (Wildman–Crippen MR) is 73.8 cm³/mol. The SMILES string of the molecule is CC(CO)NCc1ccc2c(c1)NC(=O)C(C)S2. The molecule has 2 unspecified atom stereocenters. The van der Waals surface area contributed by atoms with Crippen molar-refractivity contribution in [2.75, 3.05) is 11.9 Å². The predicted octanol–water partition coefficient (Wildman–Crippen LogP) is 1.59. The summed E-state index contributed by atoms with van der Waals surface area (Å²) in [6.07, 6.45) is 0. The molecular weight excluding hydrogens is 248 g/mol. The maximum atomic E-state index is 11.6. The smallest absolute Gasteiger partial charge is 0.237 e. The molecule has 0 aromatic heterocycles. The summed E-state index contributed by atoms with van der Waals surface area (Å²) in [5.41, 5.74) is 1.99. The number of rotatable bonds is 4. The normalized spacial score (nSPS) is 20.2. The zero-order chi connectivity index (χ0) is 13.1. The van der Waals surface area contributed by atoms with Crippen molar-refractivity contribution in [3.05, 3.63) is 23.8 Å². The number of hydrogen-bond donors (Lipinski definition) is 3. The number of carbonyl (C=O) groups excluding carboxylic acids is 1. The van der Waals surface area contributed by atoms with Crippen molar-refractivity contribution in [1.29, 1.82) is 0 Å².